The van der Waals surface area contributed by atoms with Crippen molar-refractivity contribution >= 4 is 34.3 Å². The number of nitrogens with zero attached hydrogens (tertiary/aromatic N) is 2. The molecule has 1 aromatic heterocycles. The second-order valence-electron chi connectivity index (χ2n) is 4.35. The fourth-order valence-electron chi connectivity index (χ4n) is 1.91. The molecule has 3 rings (SSSR count). The molecule has 0 radical (unpaired) electrons. The van der Waals surface area contributed by atoms with Crippen molar-refractivity contribution in [1.29, 1.82) is 0 Å². The molecule has 98 valence electrons. The van der Waals surface area contributed by atoms with Gasteiger partial charge in [0.15, 0.2) is 0 Å². The number of anilines is 1. The van der Waals surface area contributed by atoms with Gasteiger partial charge in [-0.2, -0.15) is 5.10 Å². The number of rotatable bonds is 3. The predicted octanol–water partition coefficient (Wildman–Crippen LogP) is 4.33. The van der Waals surface area contributed by atoms with Crippen LogP contribution in [0.1, 0.15) is 5.56 Å². The molecule has 4 heteroatoms. The minimum Gasteiger partial charge on any atom is -0.279 e. The Balaban J connectivity index is 1.79. The van der Waals surface area contributed by atoms with Gasteiger partial charge in [-0.25, -0.2) is 4.98 Å². The Labute approximate surface area is 121 Å². The molecule has 0 unspecified atom stereocenters. The summed E-state index contributed by atoms with van der Waals surface area (Å²) in [7, 11) is 0. The highest BCUT2D eigenvalue weighted by atomic mass is 35.5. The summed E-state index contributed by atoms with van der Waals surface area (Å²) in [4.78, 5) is 4.08. The second-order valence-corrected chi connectivity index (χ2v) is 4.74. The molecular weight excluding hydrogens is 270 g/mol. The third-order valence-electron chi connectivity index (χ3n) is 2.89. The van der Waals surface area contributed by atoms with Gasteiger partial charge in [-0.05, 0) is 35.2 Å². The van der Waals surface area contributed by atoms with Gasteiger partial charge in [0.05, 0.1) is 11.9 Å². The summed E-state index contributed by atoms with van der Waals surface area (Å²) >= 11 is 5.86. The first-order valence-corrected chi connectivity index (χ1v) is 6.58. The van der Waals surface area contributed by atoms with Crippen molar-refractivity contribution in [3.8, 4) is 0 Å². The van der Waals surface area contributed by atoms with Gasteiger partial charge in [0.1, 0.15) is 5.15 Å². The van der Waals surface area contributed by atoms with E-state index in [1.54, 1.807) is 12.4 Å². The quantitative estimate of drug-likeness (QED) is 0.441. The largest absolute Gasteiger partial charge is 0.279 e. The molecule has 0 bridgehead atoms. The van der Waals surface area contributed by atoms with Gasteiger partial charge in [-0.3, -0.25) is 5.43 Å². The number of aromatic nitrogens is 1. The molecule has 2 aromatic carbocycles. The number of halogens is 1. The molecule has 0 aliphatic heterocycles. The molecule has 0 aliphatic rings. The molecule has 3 nitrogen and oxygen atoms in total. The molecule has 3 aromatic rings. The van der Waals surface area contributed by atoms with Gasteiger partial charge in [0.25, 0.3) is 0 Å². The third kappa shape index (κ3) is 2.95. The number of pyridine rings is 1. The van der Waals surface area contributed by atoms with Crippen LogP contribution in [-0.4, -0.2) is 11.2 Å². The topological polar surface area (TPSA) is 37.3 Å². The lowest BCUT2D eigenvalue weighted by molar-refractivity contribution is 1.35. The smallest absolute Gasteiger partial charge is 0.129 e. The summed E-state index contributed by atoms with van der Waals surface area (Å²) in [6.45, 7) is 0. The minimum absolute atomic E-state index is 0.504. The van der Waals surface area contributed by atoms with E-state index in [2.05, 4.69) is 15.5 Å². The van der Waals surface area contributed by atoms with E-state index in [0.717, 1.165) is 22.0 Å². The van der Waals surface area contributed by atoms with Crippen LogP contribution in [0.5, 0.6) is 0 Å². The van der Waals surface area contributed by atoms with Crippen LogP contribution in [-0.2, 0) is 0 Å². The second kappa shape index (κ2) is 5.72. The average molecular weight is 282 g/mol. The SMILES string of the molecule is Clc1cc2ccc(C=NNc3ccccc3)cc2cn1. The lowest BCUT2D eigenvalue weighted by Crippen LogP contribution is -1.90. The molecule has 0 fully saturated rings. The van der Waals surface area contributed by atoms with E-state index in [0.29, 0.717) is 5.15 Å². The summed E-state index contributed by atoms with van der Waals surface area (Å²) in [5.74, 6) is 0. The maximum Gasteiger partial charge on any atom is 0.129 e. The van der Waals surface area contributed by atoms with Crippen LogP contribution in [0.3, 0.4) is 0 Å². The van der Waals surface area contributed by atoms with Crippen LogP contribution in [0.15, 0.2) is 65.9 Å². The van der Waals surface area contributed by atoms with Crippen molar-refractivity contribution in [2.75, 3.05) is 5.43 Å². The molecule has 1 heterocycles. The van der Waals surface area contributed by atoms with Crippen LogP contribution in [0.25, 0.3) is 10.8 Å². The highest BCUT2D eigenvalue weighted by Crippen LogP contribution is 2.17. The number of nitrogens with one attached hydrogen (secondary N) is 1. The van der Waals surface area contributed by atoms with Gasteiger partial charge in [0.2, 0.25) is 0 Å². The Morgan fingerprint density at radius 2 is 1.85 bits per heavy atom. The van der Waals surface area contributed by atoms with Crippen molar-refractivity contribution in [1.82, 2.24) is 4.98 Å². The fourth-order valence-corrected chi connectivity index (χ4v) is 2.07. The van der Waals surface area contributed by atoms with Crippen LogP contribution in [0.4, 0.5) is 5.69 Å². The molecular formula is C16H12ClN3. The Hall–Kier alpha value is -2.39. The minimum atomic E-state index is 0.504. The molecule has 0 saturated heterocycles. The van der Waals surface area contributed by atoms with Crippen molar-refractivity contribution in [3.05, 3.63) is 71.5 Å². The van der Waals surface area contributed by atoms with Gasteiger partial charge in [-0.15, -0.1) is 0 Å². The van der Waals surface area contributed by atoms with Crippen LogP contribution < -0.4 is 5.43 Å². The number of benzene rings is 2. The number of para-hydroxylation sites is 1. The molecule has 20 heavy (non-hydrogen) atoms. The number of hydrazone groups is 1. The Bertz CT molecular complexity index is 754. The molecule has 0 aliphatic carbocycles. The Kier molecular flexibility index (Phi) is 3.61. The molecule has 0 spiro atoms. The Morgan fingerprint density at radius 1 is 1.00 bits per heavy atom. The third-order valence-corrected chi connectivity index (χ3v) is 3.10. The lowest BCUT2D eigenvalue weighted by Gasteiger charge is -2.01. The first-order valence-electron chi connectivity index (χ1n) is 6.21. The maximum atomic E-state index is 5.86. The zero-order valence-electron chi connectivity index (χ0n) is 10.6. The normalized spacial score (nSPS) is 11.1. The summed E-state index contributed by atoms with van der Waals surface area (Å²) in [5.41, 5.74) is 4.94. The van der Waals surface area contributed by atoms with Crippen molar-refractivity contribution < 1.29 is 0 Å². The zero-order chi connectivity index (χ0) is 13.8. The number of hydrogen-bond acceptors (Lipinski definition) is 3. The summed E-state index contributed by atoms with van der Waals surface area (Å²) in [6, 6.07) is 17.7. The van der Waals surface area contributed by atoms with Gasteiger partial charge >= 0.3 is 0 Å². The van der Waals surface area contributed by atoms with Gasteiger partial charge in [-0.1, -0.05) is 41.9 Å². The summed E-state index contributed by atoms with van der Waals surface area (Å²) < 4.78 is 0. The highest BCUT2D eigenvalue weighted by Gasteiger charge is 1.97. The van der Waals surface area contributed by atoms with Gasteiger partial charge in [0, 0.05) is 11.6 Å². The van der Waals surface area contributed by atoms with E-state index < -0.39 is 0 Å². The van der Waals surface area contributed by atoms with E-state index in [1.807, 2.05) is 54.6 Å². The molecule has 0 atom stereocenters. The molecule has 1 N–H and O–H groups in total. The van der Waals surface area contributed by atoms with Crippen molar-refractivity contribution in [2.45, 2.75) is 0 Å². The van der Waals surface area contributed by atoms with Crippen LogP contribution in [0, 0.1) is 0 Å². The van der Waals surface area contributed by atoms with E-state index in [1.165, 1.54) is 0 Å². The van der Waals surface area contributed by atoms with E-state index >= 15 is 0 Å². The first-order chi connectivity index (χ1) is 9.81. The Morgan fingerprint density at radius 3 is 2.70 bits per heavy atom. The fraction of sp³-hybridized carbons (Fsp3) is 0. The zero-order valence-corrected chi connectivity index (χ0v) is 11.4. The van der Waals surface area contributed by atoms with E-state index in [-0.39, 0.29) is 0 Å². The molecule has 0 saturated carbocycles. The van der Waals surface area contributed by atoms with Gasteiger partial charge < -0.3 is 0 Å². The molecule has 0 amide bonds. The summed E-state index contributed by atoms with van der Waals surface area (Å²) in [5, 5.41) is 6.83. The average Bonchev–Trinajstić information content (AvgIpc) is 2.48. The standard InChI is InChI=1S/C16H12ClN3/c17-16-9-13-7-6-12(8-14(13)11-18-16)10-19-20-15-4-2-1-3-5-15/h1-11,20H. The summed E-state index contributed by atoms with van der Waals surface area (Å²) in [6.07, 6.45) is 3.54. The number of hydrogen-bond donors (Lipinski definition) is 1. The van der Waals surface area contributed by atoms with Crippen LogP contribution in [0.2, 0.25) is 5.15 Å². The predicted molar refractivity (Wildman–Crippen MR) is 84.4 cm³/mol. The highest BCUT2D eigenvalue weighted by molar-refractivity contribution is 6.30. The van der Waals surface area contributed by atoms with Crippen molar-refractivity contribution in [2.24, 2.45) is 5.10 Å². The van der Waals surface area contributed by atoms with E-state index in [4.69, 9.17) is 11.6 Å². The lowest BCUT2D eigenvalue weighted by atomic mass is 10.1. The first kappa shape index (κ1) is 12.6. The maximum absolute atomic E-state index is 5.86. The number of fused-ring (bicyclic) bond motifs is 1. The monoisotopic (exact) mass is 281 g/mol. The van der Waals surface area contributed by atoms with Crippen LogP contribution >= 0.6 is 11.6 Å². The van der Waals surface area contributed by atoms with Crippen molar-refractivity contribution in [3.63, 3.8) is 0 Å². The van der Waals surface area contributed by atoms with E-state index in [9.17, 15) is 0 Å².